The highest BCUT2D eigenvalue weighted by atomic mass is 32.1. The van der Waals surface area contributed by atoms with E-state index in [2.05, 4.69) is 36.0 Å². The topological polar surface area (TPSA) is 21.3 Å². The third-order valence-electron chi connectivity index (χ3n) is 5.10. The first-order valence-electron chi connectivity index (χ1n) is 8.50. The summed E-state index contributed by atoms with van der Waals surface area (Å²) in [5.41, 5.74) is 1.52. The number of methoxy groups -OCH3 is 1. The Hall–Kier alpha value is -0.380. The van der Waals surface area contributed by atoms with Gasteiger partial charge in [0, 0.05) is 13.2 Å². The van der Waals surface area contributed by atoms with Crippen molar-refractivity contribution in [2.24, 2.45) is 5.92 Å². The van der Waals surface area contributed by atoms with Crippen LogP contribution in [-0.2, 0) is 11.2 Å². The number of aryl methyl sites for hydroxylation is 1. The second-order valence-corrected chi connectivity index (χ2v) is 7.41. The Morgan fingerprint density at radius 3 is 2.76 bits per heavy atom. The molecule has 1 atom stereocenters. The Kier molecular flexibility index (Phi) is 6.72. The molecule has 1 aromatic heterocycles. The molecule has 1 unspecified atom stereocenters. The standard InChI is InChI=1S/C18H31NOS/c1-4-12-19-17(6-5-16-9-13-21-14-16)18(20-3)10-7-15(2)8-11-18/h9,13-15,17,19H,4-8,10-12H2,1-3H3. The van der Waals surface area contributed by atoms with Crippen LogP contribution in [-0.4, -0.2) is 25.3 Å². The molecule has 1 saturated carbocycles. The van der Waals surface area contributed by atoms with E-state index in [0.717, 1.165) is 18.9 Å². The molecule has 0 aromatic carbocycles. The Labute approximate surface area is 134 Å². The van der Waals surface area contributed by atoms with Gasteiger partial charge in [-0.2, -0.15) is 11.3 Å². The molecule has 3 heteroatoms. The minimum atomic E-state index is 0.0533. The van der Waals surface area contributed by atoms with Crippen molar-refractivity contribution in [2.75, 3.05) is 13.7 Å². The van der Waals surface area contributed by atoms with Crippen LogP contribution in [0.5, 0.6) is 0 Å². The highest BCUT2D eigenvalue weighted by molar-refractivity contribution is 7.07. The second-order valence-electron chi connectivity index (χ2n) is 6.63. The third kappa shape index (κ3) is 4.54. The lowest BCUT2D eigenvalue weighted by Gasteiger charge is -2.44. The summed E-state index contributed by atoms with van der Waals surface area (Å²) in [5.74, 6) is 0.858. The SMILES string of the molecule is CCCNC(CCc1ccsc1)C1(OC)CCC(C)CC1. The first-order chi connectivity index (χ1) is 10.2. The van der Waals surface area contributed by atoms with Crippen molar-refractivity contribution in [3.05, 3.63) is 22.4 Å². The van der Waals surface area contributed by atoms with Crippen LogP contribution in [0, 0.1) is 5.92 Å². The van der Waals surface area contributed by atoms with Crippen LogP contribution in [0.3, 0.4) is 0 Å². The molecule has 0 bridgehead atoms. The van der Waals surface area contributed by atoms with E-state index in [1.807, 2.05) is 7.11 Å². The average Bonchev–Trinajstić information content (AvgIpc) is 3.02. The molecular formula is C18H31NOS. The summed E-state index contributed by atoms with van der Waals surface area (Å²) in [4.78, 5) is 0. The molecular weight excluding hydrogens is 278 g/mol. The van der Waals surface area contributed by atoms with Gasteiger partial charge < -0.3 is 10.1 Å². The highest BCUT2D eigenvalue weighted by Gasteiger charge is 2.40. The molecule has 0 aliphatic heterocycles. The molecule has 1 fully saturated rings. The molecule has 1 aromatic rings. The van der Waals surface area contributed by atoms with Crippen LogP contribution < -0.4 is 5.32 Å². The summed E-state index contributed by atoms with van der Waals surface area (Å²) < 4.78 is 6.10. The van der Waals surface area contributed by atoms with Gasteiger partial charge in [0.2, 0.25) is 0 Å². The van der Waals surface area contributed by atoms with Crippen LogP contribution in [0.1, 0.15) is 57.9 Å². The van der Waals surface area contributed by atoms with Gasteiger partial charge in [-0.3, -0.25) is 0 Å². The Bertz CT molecular complexity index is 382. The number of hydrogen-bond donors (Lipinski definition) is 1. The Morgan fingerprint density at radius 1 is 1.43 bits per heavy atom. The summed E-state index contributed by atoms with van der Waals surface area (Å²) in [6, 6.07) is 2.74. The number of nitrogens with one attached hydrogen (secondary N) is 1. The highest BCUT2D eigenvalue weighted by Crippen LogP contribution is 2.38. The van der Waals surface area contributed by atoms with Crippen molar-refractivity contribution in [3.63, 3.8) is 0 Å². The smallest absolute Gasteiger partial charge is 0.0831 e. The van der Waals surface area contributed by atoms with E-state index in [-0.39, 0.29) is 5.60 Å². The Balaban J connectivity index is 2.01. The molecule has 2 nitrogen and oxygen atoms in total. The van der Waals surface area contributed by atoms with Crippen LogP contribution in [0.15, 0.2) is 16.8 Å². The lowest BCUT2D eigenvalue weighted by atomic mass is 9.74. The van der Waals surface area contributed by atoms with Crippen molar-refractivity contribution in [3.8, 4) is 0 Å². The van der Waals surface area contributed by atoms with Gasteiger partial charge in [0.05, 0.1) is 5.60 Å². The van der Waals surface area contributed by atoms with E-state index < -0.39 is 0 Å². The first-order valence-corrected chi connectivity index (χ1v) is 9.44. The van der Waals surface area contributed by atoms with Crippen molar-refractivity contribution in [1.29, 1.82) is 0 Å². The van der Waals surface area contributed by atoms with Gasteiger partial charge in [0.25, 0.3) is 0 Å². The maximum Gasteiger partial charge on any atom is 0.0831 e. The van der Waals surface area contributed by atoms with Crippen molar-refractivity contribution in [2.45, 2.75) is 70.4 Å². The van der Waals surface area contributed by atoms with Gasteiger partial charge >= 0.3 is 0 Å². The van der Waals surface area contributed by atoms with Gasteiger partial charge in [-0.05, 0) is 79.8 Å². The quantitative estimate of drug-likeness (QED) is 0.755. The van der Waals surface area contributed by atoms with Gasteiger partial charge in [-0.15, -0.1) is 0 Å². The summed E-state index contributed by atoms with van der Waals surface area (Å²) >= 11 is 1.80. The van der Waals surface area contributed by atoms with Gasteiger partial charge in [0.1, 0.15) is 0 Å². The second kappa shape index (κ2) is 8.30. The van der Waals surface area contributed by atoms with Crippen LogP contribution in [0.2, 0.25) is 0 Å². The fourth-order valence-electron chi connectivity index (χ4n) is 3.56. The number of rotatable bonds is 8. The van der Waals surface area contributed by atoms with E-state index in [1.165, 1.54) is 44.1 Å². The molecule has 0 spiro atoms. The molecule has 120 valence electrons. The zero-order valence-corrected chi connectivity index (χ0v) is 14.7. The minimum Gasteiger partial charge on any atom is -0.377 e. The summed E-state index contributed by atoms with van der Waals surface area (Å²) in [6.45, 7) is 5.71. The van der Waals surface area contributed by atoms with E-state index in [9.17, 15) is 0 Å². The van der Waals surface area contributed by atoms with Crippen molar-refractivity contribution < 1.29 is 4.74 Å². The van der Waals surface area contributed by atoms with Gasteiger partial charge in [-0.1, -0.05) is 13.8 Å². The number of thiophene rings is 1. The molecule has 2 rings (SSSR count). The largest absolute Gasteiger partial charge is 0.377 e. The minimum absolute atomic E-state index is 0.0533. The molecule has 1 N–H and O–H groups in total. The zero-order valence-electron chi connectivity index (χ0n) is 13.9. The molecule has 1 heterocycles. The molecule has 0 amide bonds. The molecule has 21 heavy (non-hydrogen) atoms. The van der Waals surface area contributed by atoms with Crippen molar-refractivity contribution >= 4 is 11.3 Å². The van der Waals surface area contributed by atoms with E-state index in [1.54, 1.807) is 11.3 Å². The fraction of sp³-hybridized carbons (Fsp3) is 0.778. The summed E-state index contributed by atoms with van der Waals surface area (Å²) in [6.07, 6.45) is 8.54. The lowest BCUT2D eigenvalue weighted by Crippen LogP contribution is -2.54. The maximum atomic E-state index is 6.10. The van der Waals surface area contributed by atoms with E-state index >= 15 is 0 Å². The molecule has 1 aliphatic carbocycles. The Morgan fingerprint density at radius 2 is 2.19 bits per heavy atom. The maximum absolute atomic E-state index is 6.10. The summed E-state index contributed by atoms with van der Waals surface area (Å²) in [7, 11) is 1.92. The number of ether oxygens (including phenoxy) is 1. The van der Waals surface area contributed by atoms with Crippen LogP contribution in [0.4, 0.5) is 0 Å². The average molecular weight is 310 g/mol. The van der Waals surface area contributed by atoms with Crippen LogP contribution >= 0.6 is 11.3 Å². The van der Waals surface area contributed by atoms with Gasteiger partial charge in [-0.25, -0.2) is 0 Å². The monoisotopic (exact) mass is 309 g/mol. The molecule has 0 saturated heterocycles. The molecule has 0 radical (unpaired) electrons. The van der Waals surface area contributed by atoms with Crippen LogP contribution in [0.25, 0.3) is 0 Å². The first kappa shape index (κ1) is 17.0. The normalized spacial score (nSPS) is 27.7. The number of hydrogen-bond acceptors (Lipinski definition) is 3. The zero-order chi connectivity index (χ0) is 15.1. The van der Waals surface area contributed by atoms with Gasteiger partial charge in [0.15, 0.2) is 0 Å². The molecule has 1 aliphatic rings. The van der Waals surface area contributed by atoms with Crippen molar-refractivity contribution in [1.82, 2.24) is 5.32 Å². The summed E-state index contributed by atoms with van der Waals surface area (Å²) in [5, 5.41) is 8.24. The lowest BCUT2D eigenvalue weighted by molar-refractivity contribution is -0.0763. The predicted molar refractivity (Wildman–Crippen MR) is 92.1 cm³/mol. The van der Waals surface area contributed by atoms with E-state index in [0.29, 0.717) is 6.04 Å². The predicted octanol–water partition coefficient (Wildman–Crippen LogP) is 4.64. The fourth-order valence-corrected chi connectivity index (χ4v) is 4.26. The van der Waals surface area contributed by atoms with E-state index in [4.69, 9.17) is 4.74 Å². The third-order valence-corrected chi connectivity index (χ3v) is 5.84.